The summed E-state index contributed by atoms with van der Waals surface area (Å²) >= 11 is 0. The summed E-state index contributed by atoms with van der Waals surface area (Å²) in [6, 6.07) is 5.66. The third kappa shape index (κ3) is 2.78. The Morgan fingerprint density at radius 1 is 1.54 bits per heavy atom. The van der Waals surface area contributed by atoms with Gasteiger partial charge in [-0.15, -0.1) is 0 Å². The normalized spacial score (nSPS) is 9.92. The maximum absolute atomic E-state index is 10.3. The zero-order valence-corrected chi connectivity index (χ0v) is 7.58. The molecule has 13 heavy (non-hydrogen) atoms. The highest BCUT2D eigenvalue weighted by Crippen LogP contribution is 2.15. The van der Waals surface area contributed by atoms with Crippen LogP contribution in [0.3, 0.4) is 0 Å². The molecule has 0 aromatic heterocycles. The average Bonchev–Trinajstić information content (AvgIpc) is 2.06. The third-order valence-electron chi connectivity index (χ3n) is 1.91. The molecule has 0 aliphatic carbocycles. The minimum absolute atomic E-state index is 0.133. The second kappa shape index (κ2) is 3.94. The van der Waals surface area contributed by atoms with Crippen molar-refractivity contribution in [2.24, 2.45) is 0 Å². The van der Waals surface area contributed by atoms with Gasteiger partial charge in [-0.25, -0.2) is 0 Å². The van der Waals surface area contributed by atoms with Gasteiger partial charge in [-0.3, -0.25) is 4.79 Å². The van der Waals surface area contributed by atoms with Crippen molar-refractivity contribution in [3.05, 3.63) is 29.3 Å². The van der Waals surface area contributed by atoms with Crippen molar-refractivity contribution in [2.45, 2.75) is 19.8 Å². The van der Waals surface area contributed by atoms with Crippen LogP contribution in [0.5, 0.6) is 0 Å². The molecular formula is C10H13NO2. The van der Waals surface area contributed by atoms with Gasteiger partial charge in [0.15, 0.2) is 0 Å². The van der Waals surface area contributed by atoms with Crippen molar-refractivity contribution in [3.8, 4) is 0 Å². The number of anilines is 1. The fourth-order valence-corrected chi connectivity index (χ4v) is 1.19. The van der Waals surface area contributed by atoms with Gasteiger partial charge in [-0.1, -0.05) is 17.7 Å². The van der Waals surface area contributed by atoms with E-state index in [1.807, 2.05) is 25.1 Å². The Bertz CT molecular complexity index is 321. The zero-order chi connectivity index (χ0) is 9.84. The molecule has 0 aliphatic rings. The van der Waals surface area contributed by atoms with E-state index in [2.05, 4.69) is 0 Å². The lowest BCUT2D eigenvalue weighted by Crippen LogP contribution is -2.00. The van der Waals surface area contributed by atoms with Gasteiger partial charge in [0.1, 0.15) is 0 Å². The number of nitrogens with two attached hydrogens (primary N) is 1. The van der Waals surface area contributed by atoms with Crippen molar-refractivity contribution < 1.29 is 9.90 Å². The number of nitrogen functional groups attached to an aromatic ring is 1. The van der Waals surface area contributed by atoms with E-state index < -0.39 is 5.97 Å². The summed E-state index contributed by atoms with van der Waals surface area (Å²) in [5.41, 5.74) is 8.38. The van der Waals surface area contributed by atoms with Crippen LogP contribution in [0.1, 0.15) is 17.5 Å². The smallest absolute Gasteiger partial charge is 0.303 e. The van der Waals surface area contributed by atoms with Gasteiger partial charge in [-0.05, 0) is 25.0 Å². The van der Waals surface area contributed by atoms with E-state index in [1.165, 1.54) is 0 Å². The van der Waals surface area contributed by atoms with Crippen molar-refractivity contribution in [1.29, 1.82) is 0 Å². The largest absolute Gasteiger partial charge is 0.481 e. The van der Waals surface area contributed by atoms with E-state index in [-0.39, 0.29) is 6.42 Å². The lowest BCUT2D eigenvalue weighted by Gasteiger charge is -2.04. The number of carboxylic acids is 1. The first-order chi connectivity index (χ1) is 6.09. The first-order valence-electron chi connectivity index (χ1n) is 4.16. The number of rotatable bonds is 3. The van der Waals surface area contributed by atoms with Crippen molar-refractivity contribution in [3.63, 3.8) is 0 Å². The zero-order valence-electron chi connectivity index (χ0n) is 7.58. The maximum atomic E-state index is 10.3. The summed E-state index contributed by atoms with van der Waals surface area (Å²) in [6.07, 6.45) is 0.635. The molecule has 0 heterocycles. The lowest BCUT2D eigenvalue weighted by molar-refractivity contribution is -0.136. The molecule has 70 valence electrons. The molecule has 0 spiro atoms. The Labute approximate surface area is 77.2 Å². The van der Waals surface area contributed by atoms with Crippen LogP contribution in [-0.4, -0.2) is 11.1 Å². The van der Waals surface area contributed by atoms with Crippen LogP contribution in [0.4, 0.5) is 5.69 Å². The van der Waals surface area contributed by atoms with Crippen molar-refractivity contribution in [2.75, 3.05) is 5.73 Å². The summed E-state index contributed by atoms with van der Waals surface area (Å²) in [5, 5.41) is 8.49. The summed E-state index contributed by atoms with van der Waals surface area (Å²) in [6.45, 7) is 1.96. The van der Waals surface area contributed by atoms with E-state index in [1.54, 1.807) is 0 Å². The number of carbonyl (C=O) groups is 1. The molecule has 3 nitrogen and oxygen atoms in total. The third-order valence-corrected chi connectivity index (χ3v) is 1.91. The molecule has 0 amide bonds. The molecule has 0 fully saturated rings. The minimum Gasteiger partial charge on any atom is -0.481 e. The molecule has 0 atom stereocenters. The van der Waals surface area contributed by atoms with Crippen LogP contribution in [0.2, 0.25) is 0 Å². The minimum atomic E-state index is -0.791. The maximum Gasteiger partial charge on any atom is 0.303 e. The van der Waals surface area contributed by atoms with Gasteiger partial charge in [0.05, 0.1) is 0 Å². The molecule has 0 bridgehead atoms. The molecule has 0 saturated carbocycles. The number of hydrogen-bond acceptors (Lipinski definition) is 2. The fourth-order valence-electron chi connectivity index (χ4n) is 1.19. The quantitative estimate of drug-likeness (QED) is 0.692. The van der Waals surface area contributed by atoms with E-state index in [9.17, 15) is 4.79 Å². The summed E-state index contributed by atoms with van der Waals surface area (Å²) in [7, 11) is 0. The Morgan fingerprint density at radius 2 is 2.23 bits per heavy atom. The summed E-state index contributed by atoms with van der Waals surface area (Å²) in [4.78, 5) is 10.3. The molecule has 1 rings (SSSR count). The van der Waals surface area contributed by atoms with Gasteiger partial charge in [0.2, 0.25) is 0 Å². The van der Waals surface area contributed by atoms with Gasteiger partial charge < -0.3 is 10.8 Å². The number of hydrogen-bond donors (Lipinski definition) is 2. The Morgan fingerprint density at radius 3 is 2.85 bits per heavy atom. The van der Waals surface area contributed by atoms with Gasteiger partial charge in [-0.2, -0.15) is 0 Å². The Balaban J connectivity index is 2.75. The monoisotopic (exact) mass is 179 g/mol. The van der Waals surface area contributed by atoms with Crippen LogP contribution in [-0.2, 0) is 11.2 Å². The second-order valence-corrected chi connectivity index (χ2v) is 3.10. The molecule has 0 radical (unpaired) electrons. The highest BCUT2D eigenvalue weighted by atomic mass is 16.4. The number of benzene rings is 1. The van der Waals surface area contributed by atoms with Crippen molar-refractivity contribution >= 4 is 11.7 Å². The first-order valence-corrected chi connectivity index (χ1v) is 4.16. The number of carboxylic acid groups (broad SMARTS) is 1. The molecule has 3 heteroatoms. The predicted molar refractivity (Wildman–Crippen MR) is 51.5 cm³/mol. The number of aliphatic carboxylic acids is 1. The molecule has 1 aromatic rings. The molecule has 0 aliphatic heterocycles. The van der Waals surface area contributed by atoms with E-state index >= 15 is 0 Å². The topological polar surface area (TPSA) is 63.3 Å². The van der Waals surface area contributed by atoms with Crippen LogP contribution < -0.4 is 5.73 Å². The van der Waals surface area contributed by atoms with Crippen LogP contribution in [0.25, 0.3) is 0 Å². The average molecular weight is 179 g/mol. The summed E-state index contributed by atoms with van der Waals surface area (Å²) in [5.74, 6) is -0.791. The predicted octanol–water partition coefficient (Wildman–Crippen LogP) is 1.59. The van der Waals surface area contributed by atoms with Crippen molar-refractivity contribution in [1.82, 2.24) is 0 Å². The highest BCUT2D eigenvalue weighted by Gasteiger charge is 2.02. The molecule has 1 aromatic carbocycles. The van der Waals surface area contributed by atoms with Crippen LogP contribution in [0.15, 0.2) is 18.2 Å². The summed E-state index contributed by atoms with van der Waals surface area (Å²) < 4.78 is 0. The van der Waals surface area contributed by atoms with Gasteiger partial charge in [0, 0.05) is 12.1 Å². The number of aryl methyl sites for hydroxylation is 2. The Kier molecular flexibility index (Phi) is 2.90. The SMILES string of the molecule is Cc1ccc(N)c(CCC(=O)O)c1. The fraction of sp³-hybridized carbons (Fsp3) is 0.300. The first kappa shape index (κ1) is 9.58. The van der Waals surface area contributed by atoms with Gasteiger partial charge in [0.25, 0.3) is 0 Å². The standard InChI is InChI=1S/C10H13NO2/c1-7-2-4-9(11)8(6-7)3-5-10(12)13/h2,4,6H,3,5,11H2,1H3,(H,12,13). The Hall–Kier alpha value is -1.51. The van der Waals surface area contributed by atoms with Crippen LogP contribution >= 0.6 is 0 Å². The van der Waals surface area contributed by atoms with E-state index in [0.29, 0.717) is 12.1 Å². The van der Waals surface area contributed by atoms with Crippen LogP contribution in [0, 0.1) is 6.92 Å². The molecular weight excluding hydrogens is 166 g/mol. The molecule has 3 N–H and O–H groups in total. The highest BCUT2D eigenvalue weighted by molar-refractivity contribution is 5.67. The van der Waals surface area contributed by atoms with E-state index in [0.717, 1.165) is 11.1 Å². The molecule has 0 unspecified atom stereocenters. The van der Waals surface area contributed by atoms with Gasteiger partial charge >= 0.3 is 5.97 Å². The molecule has 0 saturated heterocycles. The lowest BCUT2D eigenvalue weighted by atomic mass is 10.1. The van der Waals surface area contributed by atoms with E-state index in [4.69, 9.17) is 10.8 Å². The second-order valence-electron chi connectivity index (χ2n) is 3.10.